The molecule has 0 amide bonds. The number of nitriles is 1. The number of carbonyl (C=O) groups is 2. The van der Waals surface area contributed by atoms with Crippen molar-refractivity contribution in [1.29, 1.82) is 5.26 Å². The Morgan fingerprint density at radius 1 is 1.02 bits per heavy atom. The number of alkyl halides is 6. The van der Waals surface area contributed by atoms with Gasteiger partial charge in [-0.2, -0.15) is 31.6 Å². The summed E-state index contributed by atoms with van der Waals surface area (Å²) in [7, 11) is 0. The van der Waals surface area contributed by atoms with Gasteiger partial charge < -0.3 is 14.2 Å². The SMILES string of the molecule is CC(C)CC(C)(C(=O)OC(C(F)(F)F)C(F)(F)F)C(C)CCC(C)CC(C(=O)OC1C2CC3C1OCC3(C#N)C2)C(C)C. The third kappa shape index (κ3) is 7.45. The second kappa shape index (κ2) is 12.8. The summed E-state index contributed by atoms with van der Waals surface area (Å²) in [4.78, 5) is 26.3. The first-order valence-corrected chi connectivity index (χ1v) is 15.2. The predicted octanol–water partition coefficient (Wildman–Crippen LogP) is 7.65. The second-order valence-corrected chi connectivity index (χ2v) is 14.3. The fraction of sp³-hybridized carbons (Fsp3) is 0.903. The van der Waals surface area contributed by atoms with Crippen LogP contribution in [-0.4, -0.2) is 49.2 Å². The highest BCUT2D eigenvalue weighted by molar-refractivity contribution is 5.77. The van der Waals surface area contributed by atoms with Crippen LogP contribution in [0.3, 0.4) is 0 Å². The predicted molar refractivity (Wildman–Crippen MR) is 144 cm³/mol. The van der Waals surface area contributed by atoms with Crippen molar-refractivity contribution in [3.63, 3.8) is 0 Å². The van der Waals surface area contributed by atoms with Crippen molar-refractivity contribution >= 4 is 11.9 Å². The summed E-state index contributed by atoms with van der Waals surface area (Å²) in [6.45, 7) is 12.6. The number of carbonyl (C=O) groups excluding carboxylic acids is 2. The normalized spacial score (nSPS) is 30.3. The molecule has 0 radical (unpaired) electrons. The lowest BCUT2D eigenvalue weighted by atomic mass is 9.70. The van der Waals surface area contributed by atoms with Gasteiger partial charge in [-0.1, -0.05) is 48.0 Å². The van der Waals surface area contributed by atoms with Crippen LogP contribution < -0.4 is 0 Å². The van der Waals surface area contributed by atoms with Crippen LogP contribution in [0.5, 0.6) is 0 Å². The molecule has 3 rings (SSSR count). The molecule has 1 saturated heterocycles. The summed E-state index contributed by atoms with van der Waals surface area (Å²) < 4.78 is 94.8. The van der Waals surface area contributed by atoms with E-state index in [1.54, 1.807) is 20.8 Å². The number of ether oxygens (including phenoxy) is 3. The van der Waals surface area contributed by atoms with Crippen LogP contribution in [-0.2, 0) is 23.8 Å². The van der Waals surface area contributed by atoms with Gasteiger partial charge in [0, 0.05) is 11.8 Å². The van der Waals surface area contributed by atoms with E-state index in [0.29, 0.717) is 32.3 Å². The van der Waals surface area contributed by atoms with E-state index in [-0.39, 0.29) is 54.2 Å². The van der Waals surface area contributed by atoms with Crippen molar-refractivity contribution < 1.29 is 50.1 Å². The maximum atomic E-state index is 13.4. The quantitative estimate of drug-likeness (QED) is 0.154. The molecule has 1 aliphatic heterocycles. The van der Waals surface area contributed by atoms with Crippen molar-refractivity contribution in [3.05, 3.63) is 0 Å². The third-order valence-corrected chi connectivity index (χ3v) is 10.1. The molecule has 0 aromatic rings. The number of hydrogen-bond donors (Lipinski definition) is 0. The summed E-state index contributed by atoms with van der Waals surface area (Å²) in [5.74, 6) is -2.99. The van der Waals surface area contributed by atoms with Gasteiger partial charge in [-0.15, -0.1) is 0 Å². The zero-order valence-corrected chi connectivity index (χ0v) is 26.0. The molecule has 3 aliphatic rings. The summed E-state index contributed by atoms with van der Waals surface area (Å²) in [6, 6.07) is 2.42. The summed E-state index contributed by atoms with van der Waals surface area (Å²) in [6.07, 6.45) is -13.6. The Morgan fingerprint density at radius 3 is 2.14 bits per heavy atom. The summed E-state index contributed by atoms with van der Waals surface area (Å²) in [5.41, 5.74) is -2.06. The van der Waals surface area contributed by atoms with E-state index in [0.717, 1.165) is 6.42 Å². The zero-order valence-electron chi connectivity index (χ0n) is 26.0. The number of nitrogens with zero attached hydrogens (tertiary/aromatic N) is 1. The van der Waals surface area contributed by atoms with Crippen molar-refractivity contribution in [3.8, 4) is 6.07 Å². The first kappa shape index (κ1) is 35.4. The molecule has 2 saturated carbocycles. The average Bonchev–Trinajstić information content (AvgIpc) is 3.48. The number of rotatable bonds is 13. The molecule has 1 heterocycles. The molecule has 9 unspecified atom stereocenters. The van der Waals surface area contributed by atoms with Crippen molar-refractivity contribution in [2.75, 3.05) is 6.61 Å². The molecule has 6 nitrogen and oxygen atoms in total. The Bertz CT molecular complexity index is 1040. The van der Waals surface area contributed by atoms with Gasteiger partial charge in [0.25, 0.3) is 6.10 Å². The number of esters is 2. The minimum Gasteiger partial charge on any atom is -0.459 e. The van der Waals surface area contributed by atoms with Gasteiger partial charge in [-0.3, -0.25) is 9.59 Å². The van der Waals surface area contributed by atoms with Gasteiger partial charge in [-0.25, -0.2) is 0 Å². The van der Waals surface area contributed by atoms with Crippen LogP contribution in [0, 0.1) is 63.6 Å². The molecule has 0 spiro atoms. The van der Waals surface area contributed by atoms with Crippen LogP contribution >= 0.6 is 0 Å². The fourth-order valence-electron chi connectivity index (χ4n) is 7.56. The lowest BCUT2D eigenvalue weighted by Gasteiger charge is -2.37. The number of halogens is 6. The molecule has 2 aliphatic carbocycles. The maximum Gasteiger partial charge on any atom is 0.434 e. The van der Waals surface area contributed by atoms with E-state index in [9.17, 15) is 41.2 Å². The van der Waals surface area contributed by atoms with Gasteiger partial charge in [0.1, 0.15) is 6.10 Å². The molecule has 43 heavy (non-hydrogen) atoms. The zero-order chi connectivity index (χ0) is 32.7. The average molecular weight is 626 g/mol. The van der Waals surface area contributed by atoms with Gasteiger partial charge >= 0.3 is 24.3 Å². The number of hydrogen-bond acceptors (Lipinski definition) is 6. The van der Waals surface area contributed by atoms with E-state index >= 15 is 0 Å². The van der Waals surface area contributed by atoms with E-state index in [4.69, 9.17) is 9.47 Å². The highest BCUT2D eigenvalue weighted by Gasteiger charge is 2.67. The van der Waals surface area contributed by atoms with E-state index < -0.39 is 47.1 Å². The fourth-order valence-corrected chi connectivity index (χ4v) is 7.56. The Morgan fingerprint density at radius 2 is 1.63 bits per heavy atom. The lowest BCUT2D eigenvalue weighted by Crippen LogP contribution is -2.49. The molecular formula is C31H45F6NO5. The largest absolute Gasteiger partial charge is 0.459 e. The molecule has 9 atom stereocenters. The summed E-state index contributed by atoms with van der Waals surface area (Å²) >= 11 is 0. The molecule has 0 N–H and O–H groups in total. The minimum absolute atomic E-state index is 0.0449. The molecular weight excluding hydrogens is 580 g/mol. The third-order valence-electron chi connectivity index (χ3n) is 10.1. The monoisotopic (exact) mass is 625 g/mol. The van der Waals surface area contributed by atoms with E-state index in [1.807, 2.05) is 20.8 Å². The van der Waals surface area contributed by atoms with Gasteiger partial charge in [0.05, 0.1) is 35.5 Å². The van der Waals surface area contributed by atoms with Crippen LogP contribution in [0.4, 0.5) is 26.3 Å². The highest BCUT2D eigenvalue weighted by Crippen LogP contribution is 2.61. The highest BCUT2D eigenvalue weighted by atomic mass is 19.4. The van der Waals surface area contributed by atoms with Crippen LogP contribution in [0.25, 0.3) is 0 Å². The first-order chi connectivity index (χ1) is 19.7. The van der Waals surface area contributed by atoms with E-state index in [1.165, 1.54) is 6.92 Å². The second-order valence-electron chi connectivity index (χ2n) is 14.3. The van der Waals surface area contributed by atoms with Crippen LogP contribution in [0.15, 0.2) is 0 Å². The Balaban J connectivity index is 1.62. The van der Waals surface area contributed by atoms with Gasteiger partial charge in [-0.05, 0) is 62.7 Å². The van der Waals surface area contributed by atoms with Crippen molar-refractivity contribution in [2.24, 2.45) is 52.3 Å². The topological polar surface area (TPSA) is 85.6 Å². The van der Waals surface area contributed by atoms with Crippen LogP contribution in [0.1, 0.15) is 87.0 Å². The van der Waals surface area contributed by atoms with Crippen molar-refractivity contribution in [1.82, 2.24) is 0 Å². The van der Waals surface area contributed by atoms with Gasteiger partial charge in [0.2, 0.25) is 0 Å². The summed E-state index contributed by atoms with van der Waals surface area (Å²) in [5, 5.41) is 9.66. The van der Waals surface area contributed by atoms with Gasteiger partial charge in [0.15, 0.2) is 0 Å². The Labute approximate surface area is 250 Å². The molecule has 0 aromatic carbocycles. The van der Waals surface area contributed by atoms with Crippen molar-refractivity contribution in [2.45, 2.75) is 118 Å². The Hall–Kier alpha value is -2.03. The maximum absolute atomic E-state index is 13.4. The molecule has 3 fully saturated rings. The van der Waals surface area contributed by atoms with Crippen LogP contribution in [0.2, 0.25) is 0 Å². The Kier molecular flexibility index (Phi) is 10.5. The first-order valence-electron chi connectivity index (χ1n) is 15.2. The molecule has 12 heteroatoms. The standard InChI is InChI=1S/C31H45F6NO5/c1-16(2)12-28(7,27(40)43-26(30(32,33)34)31(35,36)37)19(6)9-8-18(5)10-21(17(3)4)25(39)42-23-20-11-22-24(23)41-15-29(22,13-20)14-38/h16-24,26H,8-13,15H2,1-7H3. The smallest absolute Gasteiger partial charge is 0.434 e. The molecule has 0 aromatic heterocycles. The number of fused-ring (bicyclic) bond motifs is 1. The lowest BCUT2D eigenvalue weighted by molar-refractivity contribution is -0.316. The molecule has 2 bridgehead atoms. The minimum atomic E-state index is -5.79. The van der Waals surface area contributed by atoms with E-state index in [2.05, 4.69) is 10.8 Å². The molecule has 246 valence electrons.